The van der Waals surface area contributed by atoms with Crippen molar-refractivity contribution in [2.45, 2.75) is 58.9 Å². The molecule has 4 rings (SSSR count). The number of ketones is 2. The number of benzene rings is 1. The average molecular weight is 476 g/mol. The summed E-state index contributed by atoms with van der Waals surface area (Å²) in [6, 6.07) is 10.9. The van der Waals surface area contributed by atoms with E-state index < -0.39 is 0 Å². The Balaban J connectivity index is 1.68. The third kappa shape index (κ3) is 4.72. The van der Waals surface area contributed by atoms with Gasteiger partial charge < -0.3 is 14.0 Å². The van der Waals surface area contributed by atoms with E-state index in [4.69, 9.17) is 0 Å². The number of hydrogen-bond donors (Lipinski definition) is 0. The Kier molecular flexibility index (Phi) is 7.34. The number of aromatic nitrogens is 2. The fourth-order valence-electron chi connectivity index (χ4n) is 5.19. The van der Waals surface area contributed by atoms with Gasteiger partial charge >= 0.3 is 0 Å². The molecule has 3 heterocycles. The number of likely N-dealkylation sites (tertiary alicyclic amines) is 1. The van der Waals surface area contributed by atoms with Gasteiger partial charge in [-0.05, 0) is 37.3 Å². The third-order valence-corrected chi connectivity index (χ3v) is 7.03. The van der Waals surface area contributed by atoms with Crippen molar-refractivity contribution in [3.63, 3.8) is 0 Å². The lowest BCUT2D eigenvalue weighted by Crippen LogP contribution is -2.27. The van der Waals surface area contributed by atoms with Crippen molar-refractivity contribution in [1.82, 2.24) is 14.0 Å². The molecule has 0 unspecified atom stereocenters. The van der Waals surface area contributed by atoms with E-state index in [0.29, 0.717) is 55.3 Å². The Labute approximate surface area is 205 Å². The number of rotatable bonds is 10. The minimum absolute atomic E-state index is 0.0171. The fraction of sp³-hybridized carbons (Fsp3) is 0.429. The molecule has 0 radical (unpaired) electrons. The lowest BCUT2D eigenvalue weighted by molar-refractivity contribution is -0.127. The van der Waals surface area contributed by atoms with Crippen molar-refractivity contribution in [2.75, 3.05) is 13.1 Å². The Morgan fingerprint density at radius 3 is 2.37 bits per heavy atom. The summed E-state index contributed by atoms with van der Waals surface area (Å²) in [6.45, 7) is 5.22. The number of amides is 1. The quantitative estimate of drug-likeness (QED) is 0.416. The topological polar surface area (TPSA) is 81.4 Å². The Morgan fingerprint density at radius 2 is 1.74 bits per heavy atom. The molecule has 0 atom stereocenters. The molecule has 184 valence electrons. The summed E-state index contributed by atoms with van der Waals surface area (Å²) in [6.07, 6.45) is 3.53. The van der Waals surface area contributed by atoms with Gasteiger partial charge in [0.15, 0.2) is 11.6 Å². The smallest absolute Gasteiger partial charge is 0.260 e. The van der Waals surface area contributed by atoms with Gasteiger partial charge in [0.05, 0.1) is 23.1 Å². The third-order valence-electron chi connectivity index (χ3n) is 7.03. The average Bonchev–Trinajstić information content (AvgIpc) is 3.40. The maximum atomic E-state index is 13.7. The van der Waals surface area contributed by atoms with Crippen molar-refractivity contribution < 1.29 is 14.4 Å². The highest BCUT2D eigenvalue weighted by Gasteiger charge is 2.25. The molecule has 3 aromatic rings. The minimum atomic E-state index is -0.224. The van der Waals surface area contributed by atoms with Crippen LogP contribution in [0.3, 0.4) is 0 Å². The first-order chi connectivity index (χ1) is 16.9. The van der Waals surface area contributed by atoms with Crippen molar-refractivity contribution in [3.05, 3.63) is 69.3 Å². The number of carbonyl (C=O) groups excluding carboxylic acids is 3. The van der Waals surface area contributed by atoms with Gasteiger partial charge in [0.2, 0.25) is 5.91 Å². The van der Waals surface area contributed by atoms with Gasteiger partial charge in [0.1, 0.15) is 0 Å². The Hall–Kier alpha value is -3.48. The van der Waals surface area contributed by atoms with Crippen LogP contribution in [0.25, 0.3) is 10.9 Å². The van der Waals surface area contributed by atoms with Gasteiger partial charge in [-0.25, -0.2) is 0 Å². The van der Waals surface area contributed by atoms with Crippen LogP contribution in [0.15, 0.2) is 41.2 Å². The van der Waals surface area contributed by atoms with Crippen LogP contribution in [0, 0.1) is 0 Å². The molecule has 1 aliphatic heterocycles. The summed E-state index contributed by atoms with van der Waals surface area (Å²) < 4.78 is 3.39. The van der Waals surface area contributed by atoms with Gasteiger partial charge in [-0.15, -0.1) is 0 Å². The van der Waals surface area contributed by atoms with E-state index in [1.54, 1.807) is 16.7 Å². The normalized spacial score (nSPS) is 13.7. The van der Waals surface area contributed by atoms with Gasteiger partial charge in [-0.2, -0.15) is 0 Å². The molecule has 1 fully saturated rings. The van der Waals surface area contributed by atoms with Crippen LogP contribution in [0.2, 0.25) is 0 Å². The number of fused-ring (bicyclic) bond motifs is 1. The van der Waals surface area contributed by atoms with Gasteiger partial charge in [-0.1, -0.05) is 44.2 Å². The van der Waals surface area contributed by atoms with Gasteiger partial charge in [0.25, 0.3) is 5.56 Å². The predicted octanol–water partition coefficient (Wildman–Crippen LogP) is 3.93. The molecule has 0 aliphatic carbocycles. The van der Waals surface area contributed by atoms with Crippen molar-refractivity contribution in [3.8, 4) is 0 Å². The van der Waals surface area contributed by atoms with Crippen LogP contribution in [-0.2, 0) is 31.2 Å². The van der Waals surface area contributed by atoms with E-state index in [0.717, 1.165) is 29.7 Å². The number of Topliss-reactive ketones (excluding diaryl/α,β-unsaturated/α-hetero) is 2. The van der Waals surface area contributed by atoms with Gasteiger partial charge in [0, 0.05) is 44.2 Å². The number of aryl methyl sites for hydroxylation is 3. The zero-order chi connectivity index (χ0) is 25.1. The summed E-state index contributed by atoms with van der Waals surface area (Å²) in [5.74, 6) is 0.0223. The number of pyridine rings is 1. The summed E-state index contributed by atoms with van der Waals surface area (Å²) in [5, 5.41) is 0.520. The molecule has 1 amide bonds. The molecule has 0 bridgehead atoms. The highest BCUT2D eigenvalue weighted by molar-refractivity contribution is 6.03. The van der Waals surface area contributed by atoms with Crippen molar-refractivity contribution >= 4 is 28.4 Å². The lowest BCUT2D eigenvalue weighted by Gasteiger charge is -2.15. The first-order valence-corrected chi connectivity index (χ1v) is 12.5. The molecule has 2 aromatic heterocycles. The fourth-order valence-corrected chi connectivity index (χ4v) is 5.19. The highest BCUT2D eigenvalue weighted by atomic mass is 16.2. The molecule has 1 saturated heterocycles. The minimum Gasteiger partial charge on any atom is -0.343 e. The predicted molar refractivity (Wildman–Crippen MR) is 136 cm³/mol. The summed E-state index contributed by atoms with van der Waals surface area (Å²) >= 11 is 0. The van der Waals surface area contributed by atoms with Crippen molar-refractivity contribution in [1.29, 1.82) is 0 Å². The summed E-state index contributed by atoms with van der Waals surface area (Å²) in [5.41, 5.74) is 3.13. The summed E-state index contributed by atoms with van der Waals surface area (Å²) in [4.78, 5) is 53.6. The van der Waals surface area contributed by atoms with E-state index in [-0.39, 0.29) is 29.6 Å². The molecular formula is C28H33N3O4. The van der Waals surface area contributed by atoms with Crippen LogP contribution in [-0.4, -0.2) is 44.6 Å². The number of nitrogens with zero attached hydrogens (tertiary/aromatic N) is 3. The SMILES string of the molecule is CCc1c(C(=O)CCCN2CCCC2=O)n(C)c2cc(CC)n(CC(=O)c3ccccc3)c(=O)c12. The van der Waals surface area contributed by atoms with E-state index >= 15 is 0 Å². The van der Waals surface area contributed by atoms with Crippen LogP contribution < -0.4 is 5.56 Å². The first-order valence-electron chi connectivity index (χ1n) is 12.5. The van der Waals surface area contributed by atoms with Gasteiger partial charge in [-0.3, -0.25) is 19.2 Å². The molecule has 0 spiro atoms. The molecule has 0 N–H and O–H groups in total. The molecular weight excluding hydrogens is 442 g/mol. The molecule has 7 heteroatoms. The van der Waals surface area contributed by atoms with Crippen LogP contribution in [0.4, 0.5) is 0 Å². The zero-order valence-electron chi connectivity index (χ0n) is 20.8. The van der Waals surface area contributed by atoms with Crippen molar-refractivity contribution in [2.24, 2.45) is 7.05 Å². The Bertz CT molecular complexity index is 1330. The molecule has 7 nitrogen and oxygen atoms in total. The second-order valence-corrected chi connectivity index (χ2v) is 9.18. The highest BCUT2D eigenvalue weighted by Crippen LogP contribution is 2.26. The molecule has 1 aromatic carbocycles. The van der Waals surface area contributed by atoms with E-state index in [2.05, 4.69) is 0 Å². The monoisotopic (exact) mass is 475 g/mol. The van der Waals surface area contributed by atoms with Crippen LogP contribution in [0.5, 0.6) is 0 Å². The molecule has 0 saturated carbocycles. The second-order valence-electron chi connectivity index (χ2n) is 9.18. The van der Waals surface area contributed by atoms with E-state index in [1.807, 2.05) is 54.6 Å². The largest absolute Gasteiger partial charge is 0.343 e. The summed E-state index contributed by atoms with van der Waals surface area (Å²) in [7, 11) is 1.83. The van der Waals surface area contributed by atoms with Crippen LogP contribution >= 0.6 is 0 Å². The number of hydrogen-bond acceptors (Lipinski definition) is 4. The van der Waals surface area contributed by atoms with Crippen LogP contribution in [0.1, 0.15) is 71.6 Å². The molecule has 35 heavy (non-hydrogen) atoms. The number of carbonyl (C=O) groups is 3. The lowest BCUT2D eigenvalue weighted by atomic mass is 10.0. The van der Waals surface area contributed by atoms with E-state index in [9.17, 15) is 19.2 Å². The molecule has 1 aliphatic rings. The maximum Gasteiger partial charge on any atom is 0.260 e. The zero-order valence-corrected chi connectivity index (χ0v) is 20.8. The first kappa shape index (κ1) is 24.6. The maximum absolute atomic E-state index is 13.7. The second kappa shape index (κ2) is 10.4. The standard InChI is InChI=1S/C28H33N3O4/c1-4-20-17-22-26(28(35)31(20)18-24(33)19-11-7-6-8-12-19)21(5-2)27(29(22)3)23(32)13-9-15-30-16-10-14-25(30)34/h6-8,11-12,17H,4-5,9-10,13-16,18H2,1-3H3. The van der Waals surface area contributed by atoms with E-state index in [1.165, 1.54) is 0 Å². The Morgan fingerprint density at radius 1 is 1.00 bits per heavy atom.